The van der Waals surface area contributed by atoms with E-state index in [0.717, 1.165) is 12.8 Å². The van der Waals surface area contributed by atoms with Crippen molar-refractivity contribution in [3.63, 3.8) is 0 Å². The molecule has 0 saturated heterocycles. The normalized spacial score (nSPS) is 17.4. The van der Waals surface area contributed by atoms with Crippen LogP contribution in [-0.2, 0) is 14.3 Å². The van der Waals surface area contributed by atoms with Crippen LogP contribution in [0.3, 0.4) is 0 Å². The lowest BCUT2D eigenvalue weighted by Gasteiger charge is -2.24. The van der Waals surface area contributed by atoms with Gasteiger partial charge in [-0.2, -0.15) is 0 Å². The Balaban J connectivity index is 2.40. The van der Waals surface area contributed by atoms with E-state index in [2.05, 4.69) is 5.32 Å². The average Bonchev–Trinajstić information content (AvgIpc) is 2.88. The highest BCUT2D eigenvalue weighted by Crippen LogP contribution is 2.17. The SMILES string of the molecule is COCCN(CC(=O)NC1CCCC1)CC(C)C(=O)O. The number of rotatable bonds is 9. The van der Waals surface area contributed by atoms with Crippen LogP contribution in [0.25, 0.3) is 0 Å². The summed E-state index contributed by atoms with van der Waals surface area (Å²) in [5, 5.41) is 12.0. The maximum absolute atomic E-state index is 12.0. The molecule has 0 heterocycles. The lowest BCUT2D eigenvalue weighted by Crippen LogP contribution is -2.44. The van der Waals surface area contributed by atoms with Gasteiger partial charge in [0.25, 0.3) is 0 Å². The van der Waals surface area contributed by atoms with Crippen molar-refractivity contribution >= 4 is 11.9 Å². The highest BCUT2D eigenvalue weighted by Gasteiger charge is 2.21. The lowest BCUT2D eigenvalue weighted by atomic mass is 10.1. The average molecular weight is 286 g/mol. The molecule has 0 aliphatic heterocycles. The Morgan fingerprint density at radius 1 is 1.40 bits per heavy atom. The predicted octanol–water partition coefficient (Wildman–Crippen LogP) is 0.714. The van der Waals surface area contributed by atoms with E-state index in [9.17, 15) is 9.59 Å². The van der Waals surface area contributed by atoms with Gasteiger partial charge in [0.15, 0.2) is 0 Å². The molecule has 0 bridgehead atoms. The first-order valence-corrected chi connectivity index (χ1v) is 7.26. The van der Waals surface area contributed by atoms with E-state index < -0.39 is 11.9 Å². The Hall–Kier alpha value is -1.14. The second-order valence-electron chi connectivity index (χ2n) is 5.52. The first kappa shape index (κ1) is 16.9. The fourth-order valence-corrected chi connectivity index (χ4v) is 2.47. The van der Waals surface area contributed by atoms with Gasteiger partial charge in [-0.05, 0) is 12.8 Å². The number of nitrogens with one attached hydrogen (secondary N) is 1. The Bertz CT molecular complexity index is 316. The minimum atomic E-state index is -0.844. The number of carboxylic acid groups (broad SMARTS) is 1. The Morgan fingerprint density at radius 3 is 2.60 bits per heavy atom. The molecule has 0 aromatic rings. The van der Waals surface area contributed by atoms with Crippen LogP contribution in [0.15, 0.2) is 0 Å². The molecule has 1 rings (SSSR count). The maximum Gasteiger partial charge on any atom is 0.307 e. The highest BCUT2D eigenvalue weighted by atomic mass is 16.5. The van der Waals surface area contributed by atoms with Gasteiger partial charge in [0, 0.05) is 26.2 Å². The molecule has 0 spiro atoms. The molecule has 1 fully saturated rings. The van der Waals surface area contributed by atoms with E-state index in [0.29, 0.717) is 25.7 Å². The van der Waals surface area contributed by atoms with Crippen molar-refractivity contribution in [3.05, 3.63) is 0 Å². The zero-order valence-corrected chi connectivity index (χ0v) is 12.4. The summed E-state index contributed by atoms with van der Waals surface area (Å²) in [7, 11) is 1.59. The third-order valence-electron chi connectivity index (χ3n) is 3.65. The van der Waals surface area contributed by atoms with Gasteiger partial charge in [-0.15, -0.1) is 0 Å². The molecule has 1 aliphatic rings. The summed E-state index contributed by atoms with van der Waals surface area (Å²) in [4.78, 5) is 24.7. The fraction of sp³-hybridized carbons (Fsp3) is 0.857. The standard InChI is InChI=1S/C14H26N2O4/c1-11(14(18)19)9-16(7-8-20-2)10-13(17)15-12-5-3-4-6-12/h11-12H,3-10H2,1-2H3,(H,15,17)(H,18,19). The van der Waals surface area contributed by atoms with Crippen LogP contribution >= 0.6 is 0 Å². The van der Waals surface area contributed by atoms with Gasteiger partial charge in [-0.3, -0.25) is 14.5 Å². The van der Waals surface area contributed by atoms with E-state index >= 15 is 0 Å². The summed E-state index contributed by atoms with van der Waals surface area (Å²) < 4.78 is 5.01. The minimum absolute atomic E-state index is 0.0226. The van der Waals surface area contributed by atoms with Gasteiger partial charge in [0.05, 0.1) is 19.1 Å². The first-order valence-electron chi connectivity index (χ1n) is 7.26. The van der Waals surface area contributed by atoms with Crippen LogP contribution in [0.2, 0.25) is 0 Å². The van der Waals surface area contributed by atoms with Gasteiger partial charge in [-0.1, -0.05) is 19.8 Å². The van der Waals surface area contributed by atoms with Crippen LogP contribution in [0.5, 0.6) is 0 Å². The molecular weight excluding hydrogens is 260 g/mol. The van der Waals surface area contributed by atoms with Gasteiger partial charge in [0.2, 0.25) is 5.91 Å². The van der Waals surface area contributed by atoms with Crippen molar-refractivity contribution in [2.24, 2.45) is 5.92 Å². The van der Waals surface area contributed by atoms with Crippen LogP contribution in [-0.4, -0.2) is 61.3 Å². The molecular formula is C14H26N2O4. The zero-order chi connectivity index (χ0) is 15.0. The zero-order valence-electron chi connectivity index (χ0n) is 12.4. The topological polar surface area (TPSA) is 78.9 Å². The molecule has 1 unspecified atom stereocenters. The van der Waals surface area contributed by atoms with Crippen LogP contribution in [0, 0.1) is 5.92 Å². The molecule has 0 aromatic carbocycles. The largest absolute Gasteiger partial charge is 0.481 e. The maximum atomic E-state index is 12.0. The summed E-state index contributed by atoms with van der Waals surface area (Å²) >= 11 is 0. The van der Waals surface area contributed by atoms with Crippen molar-refractivity contribution in [3.8, 4) is 0 Å². The Morgan fingerprint density at radius 2 is 2.05 bits per heavy atom. The molecule has 116 valence electrons. The molecule has 6 nitrogen and oxygen atoms in total. The lowest BCUT2D eigenvalue weighted by molar-refractivity contribution is -0.142. The third-order valence-corrected chi connectivity index (χ3v) is 3.65. The van der Waals surface area contributed by atoms with E-state index in [1.165, 1.54) is 12.8 Å². The number of aliphatic carboxylic acids is 1. The number of methoxy groups -OCH3 is 1. The van der Waals surface area contributed by atoms with E-state index in [4.69, 9.17) is 9.84 Å². The molecule has 1 saturated carbocycles. The molecule has 0 aromatic heterocycles. The molecule has 2 N–H and O–H groups in total. The molecule has 0 radical (unpaired) electrons. The molecule has 1 atom stereocenters. The number of hydrogen-bond donors (Lipinski definition) is 2. The van der Waals surface area contributed by atoms with Gasteiger partial charge < -0.3 is 15.2 Å². The summed E-state index contributed by atoms with van der Waals surface area (Å²) in [5.41, 5.74) is 0. The van der Waals surface area contributed by atoms with Crippen LogP contribution in [0.1, 0.15) is 32.6 Å². The monoisotopic (exact) mass is 286 g/mol. The van der Waals surface area contributed by atoms with Gasteiger partial charge in [-0.25, -0.2) is 0 Å². The molecule has 1 aliphatic carbocycles. The molecule has 6 heteroatoms. The Kier molecular flexibility index (Phi) is 7.54. The molecule has 20 heavy (non-hydrogen) atoms. The number of hydrogen-bond acceptors (Lipinski definition) is 4. The summed E-state index contributed by atoms with van der Waals surface area (Å²) in [6.07, 6.45) is 4.45. The smallest absolute Gasteiger partial charge is 0.307 e. The van der Waals surface area contributed by atoms with E-state index in [-0.39, 0.29) is 12.5 Å². The minimum Gasteiger partial charge on any atom is -0.481 e. The number of nitrogens with zero attached hydrogens (tertiary/aromatic N) is 1. The van der Waals surface area contributed by atoms with Crippen molar-refractivity contribution in [1.29, 1.82) is 0 Å². The van der Waals surface area contributed by atoms with Crippen LogP contribution < -0.4 is 5.32 Å². The van der Waals surface area contributed by atoms with Crippen molar-refractivity contribution < 1.29 is 19.4 Å². The summed E-state index contributed by atoms with van der Waals surface area (Å²) in [6, 6.07) is 0.295. The van der Waals surface area contributed by atoms with Gasteiger partial charge >= 0.3 is 5.97 Å². The second-order valence-corrected chi connectivity index (χ2v) is 5.52. The van der Waals surface area contributed by atoms with E-state index in [1.54, 1.807) is 14.0 Å². The summed E-state index contributed by atoms with van der Waals surface area (Å²) in [5.74, 6) is -1.36. The highest BCUT2D eigenvalue weighted by molar-refractivity contribution is 5.78. The fourth-order valence-electron chi connectivity index (χ4n) is 2.47. The van der Waals surface area contributed by atoms with Crippen molar-refractivity contribution in [1.82, 2.24) is 10.2 Å². The van der Waals surface area contributed by atoms with Crippen LogP contribution in [0.4, 0.5) is 0 Å². The van der Waals surface area contributed by atoms with Crippen molar-refractivity contribution in [2.75, 3.05) is 33.4 Å². The summed E-state index contributed by atoms with van der Waals surface area (Å²) in [6.45, 7) is 3.29. The predicted molar refractivity (Wildman–Crippen MR) is 75.5 cm³/mol. The van der Waals surface area contributed by atoms with E-state index in [1.807, 2.05) is 4.90 Å². The van der Waals surface area contributed by atoms with Crippen molar-refractivity contribution in [2.45, 2.75) is 38.6 Å². The number of carbonyl (C=O) groups is 2. The quantitative estimate of drug-likeness (QED) is 0.653. The first-order chi connectivity index (χ1) is 9.52. The number of carbonyl (C=O) groups excluding carboxylic acids is 1. The number of amides is 1. The number of carboxylic acids is 1. The third kappa shape index (κ3) is 6.34. The number of ether oxygens (including phenoxy) is 1. The second kappa shape index (κ2) is 8.92. The Labute approximate surface area is 120 Å². The molecule has 1 amide bonds. The van der Waals surface area contributed by atoms with Gasteiger partial charge in [0.1, 0.15) is 0 Å².